The molecular formula is C11H8F2O. The van der Waals surface area contributed by atoms with E-state index in [-0.39, 0.29) is 11.3 Å². The van der Waals surface area contributed by atoms with E-state index in [1.165, 1.54) is 6.07 Å². The fourth-order valence-corrected chi connectivity index (χ4v) is 1.50. The number of halogens is 2. The number of fused-ring (bicyclic) bond motifs is 1. The summed E-state index contributed by atoms with van der Waals surface area (Å²) in [5.41, 5.74) is -0.124. The summed E-state index contributed by atoms with van der Waals surface area (Å²) in [5.74, 6) is -0.126. The molecular weight excluding hydrogens is 186 g/mol. The van der Waals surface area contributed by atoms with Gasteiger partial charge in [0.25, 0.3) is 6.43 Å². The Kier molecular flexibility index (Phi) is 2.08. The summed E-state index contributed by atoms with van der Waals surface area (Å²) in [6, 6.07) is 9.34. The fourth-order valence-electron chi connectivity index (χ4n) is 1.50. The predicted octanol–water partition coefficient (Wildman–Crippen LogP) is 3.48. The van der Waals surface area contributed by atoms with Crippen molar-refractivity contribution in [1.82, 2.24) is 0 Å². The number of rotatable bonds is 1. The minimum Gasteiger partial charge on any atom is -0.508 e. The first-order valence-corrected chi connectivity index (χ1v) is 4.18. The van der Waals surface area contributed by atoms with Crippen molar-refractivity contribution in [2.75, 3.05) is 0 Å². The van der Waals surface area contributed by atoms with E-state index in [2.05, 4.69) is 0 Å². The smallest absolute Gasteiger partial charge is 0.264 e. The molecule has 0 amide bonds. The van der Waals surface area contributed by atoms with Crippen molar-refractivity contribution in [3.63, 3.8) is 0 Å². The van der Waals surface area contributed by atoms with Gasteiger partial charge in [0.05, 0.1) is 0 Å². The van der Waals surface area contributed by atoms with E-state index < -0.39 is 6.43 Å². The molecule has 0 aliphatic heterocycles. The van der Waals surface area contributed by atoms with Crippen molar-refractivity contribution in [2.24, 2.45) is 0 Å². The van der Waals surface area contributed by atoms with Crippen LogP contribution in [0.4, 0.5) is 8.78 Å². The first kappa shape index (κ1) is 8.94. The number of aromatic hydroxyl groups is 1. The standard InChI is InChI=1S/C11H8F2O/c12-11(13)10-6-8(14)5-7-3-1-2-4-9(7)10/h1-6,11,14H. The molecule has 14 heavy (non-hydrogen) atoms. The van der Waals surface area contributed by atoms with Crippen LogP contribution in [0.1, 0.15) is 12.0 Å². The summed E-state index contributed by atoms with van der Waals surface area (Å²) >= 11 is 0. The highest BCUT2D eigenvalue weighted by atomic mass is 19.3. The van der Waals surface area contributed by atoms with Crippen LogP contribution >= 0.6 is 0 Å². The summed E-state index contributed by atoms with van der Waals surface area (Å²) in [7, 11) is 0. The van der Waals surface area contributed by atoms with Gasteiger partial charge >= 0.3 is 0 Å². The Balaban J connectivity index is 2.80. The highest BCUT2D eigenvalue weighted by Crippen LogP contribution is 2.31. The average Bonchev–Trinajstić information content (AvgIpc) is 2.16. The van der Waals surface area contributed by atoms with Crippen molar-refractivity contribution in [3.05, 3.63) is 42.0 Å². The van der Waals surface area contributed by atoms with Crippen LogP contribution in [0, 0.1) is 0 Å². The molecule has 72 valence electrons. The van der Waals surface area contributed by atoms with Gasteiger partial charge in [0.15, 0.2) is 0 Å². The van der Waals surface area contributed by atoms with Crippen LogP contribution < -0.4 is 0 Å². The predicted molar refractivity (Wildman–Crippen MR) is 50.6 cm³/mol. The molecule has 0 unspecified atom stereocenters. The lowest BCUT2D eigenvalue weighted by molar-refractivity contribution is 0.153. The van der Waals surface area contributed by atoms with Crippen molar-refractivity contribution in [3.8, 4) is 5.75 Å². The van der Waals surface area contributed by atoms with E-state index in [1.54, 1.807) is 24.3 Å². The van der Waals surface area contributed by atoms with Gasteiger partial charge in [-0.2, -0.15) is 0 Å². The molecule has 0 aliphatic rings. The van der Waals surface area contributed by atoms with Gasteiger partial charge in [0.1, 0.15) is 5.75 Å². The van der Waals surface area contributed by atoms with E-state index in [0.717, 1.165) is 6.07 Å². The maximum Gasteiger partial charge on any atom is 0.264 e. The van der Waals surface area contributed by atoms with Gasteiger partial charge in [-0.05, 0) is 22.9 Å². The molecule has 3 heteroatoms. The highest BCUT2D eigenvalue weighted by Gasteiger charge is 2.12. The Labute approximate surface area is 79.6 Å². The first-order valence-electron chi connectivity index (χ1n) is 4.18. The summed E-state index contributed by atoms with van der Waals surface area (Å²) < 4.78 is 25.1. The van der Waals surface area contributed by atoms with Gasteiger partial charge in [0.2, 0.25) is 0 Å². The third kappa shape index (κ3) is 1.41. The molecule has 2 rings (SSSR count). The van der Waals surface area contributed by atoms with Crippen LogP contribution in [0.3, 0.4) is 0 Å². The minimum absolute atomic E-state index is 0.124. The number of phenols is 1. The molecule has 1 nitrogen and oxygen atoms in total. The first-order chi connectivity index (χ1) is 6.68. The number of phenolic OH excluding ortho intramolecular Hbond substituents is 1. The molecule has 0 bridgehead atoms. The largest absolute Gasteiger partial charge is 0.508 e. The molecule has 0 saturated carbocycles. The zero-order chi connectivity index (χ0) is 10.1. The molecule has 0 aliphatic carbocycles. The zero-order valence-corrected chi connectivity index (χ0v) is 7.24. The topological polar surface area (TPSA) is 20.2 Å². The van der Waals surface area contributed by atoms with Crippen LogP contribution in [0.2, 0.25) is 0 Å². The maximum atomic E-state index is 12.6. The minimum atomic E-state index is -2.56. The number of hydrogen-bond acceptors (Lipinski definition) is 1. The Morgan fingerprint density at radius 1 is 1.07 bits per heavy atom. The lowest BCUT2D eigenvalue weighted by Crippen LogP contribution is -1.86. The third-order valence-corrected chi connectivity index (χ3v) is 2.11. The van der Waals surface area contributed by atoms with Crippen LogP contribution in [0.5, 0.6) is 5.75 Å². The number of alkyl halides is 2. The number of benzene rings is 2. The van der Waals surface area contributed by atoms with E-state index in [0.29, 0.717) is 10.8 Å². The van der Waals surface area contributed by atoms with Gasteiger partial charge in [-0.1, -0.05) is 24.3 Å². The maximum absolute atomic E-state index is 12.6. The molecule has 0 radical (unpaired) electrons. The lowest BCUT2D eigenvalue weighted by Gasteiger charge is -2.06. The summed E-state index contributed by atoms with van der Waals surface area (Å²) in [4.78, 5) is 0. The van der Waals surface area contributed by atoms with E-state index in [1.807, 2.05) is 0 Å². The molecule has 1 N–H and O–H groups in total. The molecule has 2 aromatic rings. The molecule has 0 atom stereocenters. The van der Waals surface area contributed by atoms with E-state index >= 15 is 0 Å². The molecule has 0 spiro atoms. The zero-order valence-electron chi connectivity index (χ0n) is 7.24. The fraction of sp³-hybridized carbons (Fsp3) is 0.0909. The second-order valence-corrected chi connectivity index (χ2v) is 3.06. The average molecular weight is 194 g/mol. The van der Waals surface area contributed by atoms with Crippen molar-refractivity contribution in [1.29, 1.82) is 0 Å². The molecule has 0 saturated heterocycles. The van der Waals surface area contributed by atoms with Gasteiger partial charge in [-0.15, -0.1) is 0 Å². The second-order valence-electron chi connectivity index (χ2n) is 3.06. The molecule has 0 heterocycles. The molecule has 0 aromatic heterocycles. The van der Waals surface area contributed by atoms with Crippen LogP contribution in [-0.2, 0) is 0 Å². The SMILES string of the molecule is Oc1cc(C(F)F)c2ccccc2c1. The highest BCUT2D eigenvalue weighted by molar-refractivity contribution is 5.87. The van der Waals surface area contributed by atoms with Gasteiger partial charge in [-0.25, -0.2) is 8.78 Å². The van der Waals surface area contributed by atoms with Crippen LogP contribution in [0.15, 0.2) is 36.4 Å². The molecule has 0 fully saturated rings. The Bertz CT molecular complexity index is 466. The quantitative estimate of drug-likeness (QED) is 0.736. The van der Waals surface area contributed by atoms with Crippen molar-refractivity contribution >= 4 is 10.8 Å². The Hall–Kier alpha value is -1.64. The van der Waals surface area contributed by atoms with Gasteiger partial charge in [-0.3, -0.25) is 0 Å². The summed E-state index contributed by atoms with van der Waals surface area (Å²) in [6.45, 7) is 0. The third-order valence-electron chi connectivity index (χ3n) is 2.11. The Morgan fingerprint density at radius 2 is 1.79 bits per heavy atom. The van der Waals surface area contributed by atoms with Crippen molar-refractivity contribution in [2.45, 2.75) is 6.43 Å². The normalized spacial score (nSPS) is 11.1. The van der Waals surface area contributed by atoms with Crippen LogP contribution in [0.25, 0.3) is 10.8 Å². The molecule has 2 aromatic carbocycles. The Morgan fingerprint density at radius 3 is 2.50 bits per heavy atom. The van der Waals surface area contributed by atoms with Crippen molar-refractivity contribution < 1.29 is 13.9 Å². The lowest BCUT2D eigenvalue weighted by atomic mass is 10.0. The summed E-state index contributed by atoms with van der Waals surface area (Å²) in [6.07, 6.45) is -2.56. The van der Waals surface area contributed by atoms with Gasteiger partial charge < -0.3 is 5.11 Å². The monoisotopic (exact) mass is 194 g/mol. The van der Waals surface area contributed by atoms with E-state index in [4.69, 9.17) is 0 Å². The van der Waals surface area contributed by atoms with E-state index in [9.17, 15) is 13.9 Å². The summed E-state index contributed by atoms with van der Waals surface area (Å²) in [5, 5.41) is 10.3. The van der Waals surface area contributed by atoms with Crippen LogP contribution in [-0.4, -0.2) is 5.11 Å². The van der Waals surface area contributed by atoms with Gasteiger partial charge in [0, 0.05) is 5.56 Å². The second kappa shape index (κ2) is 3.25. The number of hydrogen-bond donors (Lipinski definition) is 1.